The highest BCUT2D eigenvalue weighted by Gasteiger charge is 2.25. The molecule has 0 radical (unpaired) electrons. The lowest BCUT2D eigenvalue weighted by atomic mass is 10.2. The van der Waals surface area contributed by atoms with Crippen LogP contribution in [-0.4, -0.2) is 21.0 Å². The summed E-state index contributed by atoms with van der Waals surface area (Å²) in [5, 5.41) is 10.2. The van der Waals surface area contributed by atoms with Crippen molar-refractivity contribution in [3.05, 3.63) is 89.1 Å². The van der Waals surface area contributed by atoms with Crippen LogP contribution in [0.2, 0.25) is 0 Å². The third-order valence-corrected chi connectivity index (χ3v) is 4.43. The highest BCUT2D eigenvalue weighted by molar-refractivity contribution is 6.01. The molecule has 0 atom stereocenters. The Bertz CT molecular complexity index is 916. The highest BCUT2D eigenvalue weighted by atomic mass is 16.1. The van der Waals surface area contributed by atoms with E-state index < -0.39 is 0 Å². The summed E-state index contributed by atoms with van der Waals surface area (Å²) in [6.07, 6.45) is 3.33. The molecule has 5 nitrogen and oxygen atoms in total. The van der Waals surface area contributed by atoms with Gasteiger partial charge in [-0.15, -0.1) is 0 Å². The molecule has 1 aliphatic heterocycles. The van der Waals surface area contributed by atoms with Crippen LogP contribution in [0.25, 0.3) is 6.08 Å². The Morgan fingerprint density at radius 1 is 1.08 bits per heavy atom. The van der Waals surface area contributed by atoms with Crippen LogP contribution in [0.15, 0.2) is 66.7 Å². The number of nitrogens with zero attached hydrogens (tertiary/aromatic N) is 2. The van der Waals surface area contributed by atoms with Gasteiger partial charge in [-0.3, -0.25) is 14.8 Å². The van der Waals surface area contributed by atoms with Crippen molar-refractivity contribution >= 4 is 17.8 Å². The number of hydrogen-bond acceptors (Lipinski definition) is 3. The fourth-order valence-electron chi connectivity index (χ4n) is 3.16. The number of carbonyl (C=O) groups is 1. The SMILES string of the molecule is O=C(/C=C/c1ccccc1)Nc1n[nH]c2c1CN(Cc1ccccc1)C2. The van der Waals surface area contributed by atoms with Crippen LogP contribution in [0.1, 0.15) is 22.4 Å². The minimum atomic E-state index is -0.176. The van der Waals surface area contributed by atoms with Gasteiger partial charge in [-0.2, -0.15) is 5.10 Å². The zero-order valence-electron chi connectivity index (χ0n) is 14.4. The predicted molar refractivity (Wildman–Crippen MR) is 102 cm³/mol. The van der Waals surface area contributed by atoms with E-state index in [9.17, 15) is 4.79 Å². The van der Waals surface area contributed by atoms with E-state index in [1.807, 2.05) is 36.4 Å². The predicted octanol–water partition coefficient (Wildman–Crippen LogP) is 3.58. The van der Waals surface area contributed by atoms with E-state index >= 15 is 0 Å². The van der Waals surface area contributed by atoms with E-state index in [0.717, 1.165) is 36.5 Å². The topological polar surface area (TPSA) is 61.0 Å². The van der Waals surface area contributed by atoms with Crippen molar-refractivity contribution in [1.82, 2.24) is 15.1 Å². The summed E-state index contributed by atoms with van der Waals surface area (Å²) in [7, 11) is 0. The van der Waals surface area contributed by atoms with Gasteiger partial charge in [-0.25, -0.2) is 0 Å². The number of rotatable bonds is 5. The summed E-state index contributed by atoms with van der Waals surface area (Å²) in [6, 6.07) is 20.1. The van der Waals surface area contributed by atoms with Crippen LogP contribution >= 0.6 is 0 Å². The molecule has 0 unspecified atom stereocenters. The molecule has 0 aliphatic carbocycles. The molecule has 26 heavy (non-hydrogen) atoms. The van der Waals surface area contributed by atoms with E-state index in [2.05, 4.69) is 44.7 Å². The second-order valence-electron chi connectivity index (χ2n) is 6.39. The second kappa shape index (κ2) is 7.37. The number of fused-ring (bicyclic) bond motifs is 1. The van der Waals surface area contributed by atoms with Gasteiger partial charge in [0.2, 0.25) is 5.91 Å². The minimum Gasteiger partial charge on any atom is -0.305 e. The number of carbonyl (C=O) groups excluding carboxylic acids is 1. The monoisotopic (exact) mass is 344 g/mol. The van der Waals surface area contributed by atoms with Gasteiger partial charge in [0.05, 0.1) is 5.69 Å². The summed E-state index contributed by atoms with van der Waals surface area (Å²) in [4.78, 5) is 14.5. The van der Waals surface area contributed by atoms with Gasteiger partial charge < -0.3 is 5.32 Å². The Kier molecular flexibility index (Phi) is 4.62. The molecule has 2 heterocycles. The van der Waals surface area contributed by atoms with E-state index in [0.29, 0.717) is 5.82 Å². The van der Waals surface area contributed by atoms with Crippen molar-refractivity contribution in [2.24, 2.45) is 0 Å². The van der Waals surface area contributed by atoms with Gasteiger partial charge in [-0.05, 0) is 17.2 Å². The molecule has 0 bridgehead atoms. The molecule has 4 rings (SSSR count). The Morgan fingerprint density at radius 2 is 1.81 bits per heavy atom. The van der Waals surface area contributed by atoms with Crippen molar-refractivity contribution in [2.75, 3.05) is 5.32 Å². The second-order valence-corrected chi connectivity index (χ2v) is 6.39. The van der Waals surface area contributed by atoms with Gasteiger partial charge in [0.25, 0.3) is 0 Å². The van der Waals surface area contributed by atoms with Crippen molar-refractivity contribution < 1.29 is 4.79 Å². The first-order chi connectivity index (χ1) is 12.8. The first kappa shape index (κ1) is 16.3. The average molecular weight is 344 g/mol. The van der Waals surface area contributed by atoms with E-state index in [1.54, 1.807) is 6.08 Å². The number of aromatic amines is 1. The molecule has 1 amide bonds. The van der Waals surface area contributed by atoms with E-state index in [-0.39, 0.29) is 5.91 Å². The highest BCUT2D eigenvalue weighted by Crippen LogP contribution is 2.28. The standard InChI is InChI=1S/C21H20N4O/c26-20(12-11-16-7-3-1-4-8-16)22-21-18-14-25(15-19(18)23-24-21)13-17-9-5-2-6-10-17/h1-12H,13-15H2,(H2,22,23,24,26)/b12-11+. The summed E-state index contributed by atoms with van der Waals surface area (Å²) >= 11 is 0. The molecular formula is C21H20N4O. The van der Waals surface area contributed by atoms with Gasteiger partial charge in [0.15, 0.2) is 5.82 Å². The summed E-state index contributed by atoms with van der Waals surface area (Å²) in [6.45, 7) is 2.47. The largest absolute Gasteiger partial charge is 0.305 e. The van der Waals surface area contributed by atoms with E-state index in [4.69, 9.17) is 0 Å². The molecular weight excluding hydrogens is 324 g/mol. The van der Waals surface area contributed by atoms with Gasteiger partial charge in [-0.1, -0.05) is 60.7 Å². The van der Waals surface area contributed by atoms with Gasteiger partial charge in [0.1, 0.15) is 0 Å². The fraction of sp³-hybridized carbons (Fsp3) is 0.143. The number of hydrogen-bond donors (Lipinski definition) is 2. The van der Waals surface area contributed by atoms with Crippen LogP contribution in [-0.2, 0) is 24.4 Å². The maximum atomic E-state index is 12.2. The molecule has 1 aliphatic rings. The van der Waals surface area contributed by atoms with Gasteiger partial charge >= 0.3 is 0 Å². The molecule has 0 saturated carbocycles. The minimum absolute atomic E-state index is 0.176. The van der Waals surface area contributed by atoms with Crippen LogP contribution < -0.4 is 5.32 Å². The van der Waals surface area contributed by atoms with E-state index in [1.165, 1.54) is 11.6 Å². The molecule has 5 heteroatoms. The zero-order chi connectivity index (χ0) is 17.8. The number of H-pyrrole nitrogens is 1. The molecule has 130 valence electrons. The zero-order valence-corrected chi connectivity index (χ0v) is 14.4. The third kappa shape index (κ3) is 3.73. The molecule has 2 aromatic carbocycles. The normalized spacial score (nSPS) is 13.8. The molecule has 0 fully saturated rings. The summed E-state index contributed by atoms with van der Waals surface area (Å²) in [5.41, 5.74) is 4.41. The molecule has 1 aromatic heterocycles. The Morgan fingerprint density at radius 3 is 2.58 bits per heavy atom. The maximum Gasteiger partial charge on any atom is 0.249 e. The quantitative estimate of drug-likeness (QED) is 0.696. The van der Waals surface area contributed by atoms with Crippen molar-refractivity contribution in [2.45, 2.75) is 19.6 Å². The van der Waals surface area contributed by atoms with Crippen molar-refractivity contribution in [3.63, 3.8) is 0 Å². The first-order valence-corrected chi connectivity index (χ1v) is 8.64. The number of amides is 1. The smallest absolute Gasteiger partial charge is 0.249 e. The van der Waals surface area contributed by atoms with Crippen molar-refractivity contribution in [1.29, 1.82) is 0 Å². The molecule has 0 spiro atoms. The lowest BCUT2D eigenvalue weighted by Gasteiger charge is -2.15. The summed E-state index contributed by atoms with van der Waals surface area (Å²) in [5.74, 6) is 0.447. The average Bonchev–Trinajstić information content (AvgIpc) is 3.23. The first-order valence-electron chi connectivity index (χ1n) is 8.64. The van der Waals surface area contributed by atoms with Crippen LogP contribution in [0.5, 0.6) is 0 Å². The fourth-order valence-corrected chi connectivity index (χ4v) is 3.16. The number of aromatic nitrogens is 2. The molecule has 2 N–H and O–H groups in total. The number of nitrogens with one attached hydrogen (secondary N) is 2. The van der Waals surface area contributed by atoms with Crippen LogP contribution in [0.4, 0.5) is 5.82 Å². The third-order valence-electron chi connectivity index (χ3n) is 4.43. The number of anilines is 1. The van der Waals surface area contributed by atoms with Crippen LogP contribution in [0, 0.1) is 0 Å². The van der Waals surface area contributed by atoms with Crippen LogP contribution in [0.3, 0.4) is 0 Å². The lowest BCUT2D eigenvalue weighted by Crippen LogP contribution is -2.17. The Hall–Kier alpha value is -3.18. The Labute approximate surface area is 152 Å². The molecule has 0 saturated heterocycles. The van der Waals surface area contributed by atoms with Gasteiger partial charge in [0, 0.05) is 31.3 Å². The molecule has 3 aromatic rings. The van der Waals surface area contributed by atoms with Crippen molar-refractivity contribution in [3.8, 4) is 0 Å². The lowest BCUT2D eigenvalue weighted by molar-refractivity contribution is -0.111. The number of benzene rings is 2. The Balaban J connectivity index is 1.39. The maximum absolute atomic E-state index is 12.2. The summed E-state index contributed by atoms with van der Waals surface area (Å²) < 4.78 is 0.